The van der Waals surface area contributed by atoms with E-state index in [-0.39, 0.29) is 11.9 Å². The first-order valence-electron chi connectivity index (χ1n) is 10.3. The molecule has 1 saturated carbocycles. The van der Waals surface area contributed by atoms with Gasteiger partial charge in [-0.3, -0.25) is 9.47 Å². The molecule has 0 saturated heterocycles. The average molecular weight is 392 g/mol. The number of fused-ring (bicyclic) bond motifs is 3. The molecular weight excluding hydrogens is 367 g/mol. The molecule has 0 atom stereocenters. The number of benzene rings is 2. The van der Waals surface area contributed by atoms with Crippen LogP contribution in [0.25, 0.3) is 5.69 Å². The van der Waals surface area contributed by atoms with E-state index in [1.165, 1.54) is 6.07 Å². The standard InChI is InChI=1S/C23H25FN4O/c1-27-14-17-13-18(24)9-12-21(17)28-22(15-27)25-26-23(28)16-7-10-20(11-8-16)29-19-5-3-2-4-6-19/h2-6,9,12-13,16,20H,7-8,10-11,14-15H2,1H3. The van der Waals surface area contributed by atoms with Crippen molar-refractivity contribution < 1.29 is 9.13 Å². The molecule has 0 radical (unpaired) electrons. The summed E-state index contributed by atoms with van der Waals surface area (Å²) in [6.45, 7) is 1.41. The minimum absolute atomic E-state index is 0.200. The van der Waals surface area contributed by atoms with Gasteiger partial charge < -0.3 is 4.74 Å². The van der Waals surface area contributed by atoms with Crippen molar-refractivity contribution >= 4 is 0 Å². The van der Waals surface area contributed by atoms with Crippen molar-refractivity contribution in [1.29, 1.82) is 0 Å². The lowest BCUT2D eigenvalue weighted by molar-refractivity contribution is 0.144. The fourth-order valence-corrected chi connectivity index (χ4v) is 4.58. The first-order chi connectivity index (χ1) is 14.2. The van der Waals surface area contributed by atoms with Crippen LogP contribution >= 0.6 is 0 Å². The molecule has 1 fully saturated rings. The molecule has 2 heterocycles. The molecule has 0 N–H and O–H groups in total. The van der Waals surface area contributed by atoms with Crippen LogP contribution < -0.4 is 4.74 Å². The summed E-state index contributed by atoms with van der Waals surface area (Å²) >= 11 is 0. The van der Waals surface area contributed by atoms with E-state index in [0.29, 0.717) is 19.0 Å². The van der Waals surface area contributed by atoms with Gasteiger partial charge in [0.2, 0.25) is 0 Å². The van der Waals surface area contributed by atoms with Crippen LogP contribution in [-0.4, -0.2) is 32.8 Å². The van der Waals surface area contributed by atoms with Crippen LogP contribution in [0, 0.1) is 5.82 Å². The number of hydrogen-bond donors (Lipinski definition) is 0. The van der Waals surface area contributed by atoms with Crippen LogP contribution in [0.15, 0.2) is 48.5 Å². The van der Waals surface area contributed by atoms with Crippen molar-refractivity contribution in [2.75, 3.05) is 7.05 Å². The lowest BCUT2D eigenvalue weighted by Gasteiger charge is -2.29. The van der Waals surface area contributed by atoms with E-state index in [1.807, 2.05) is 43.4 Å². The van der Waals surface area contributed by atoms with Crippen molar-refractivity contribution in [3.63, 3.8) is 0 Å². The zero-order valence-corrected chi connectivity index (χ0v) is 16.6. The normalized spacial score (nSPS) is 21.9. The van der Waals surface area contributed by atoms with Gasteiger partial charge >= 0.3 is 0 Å². The van der Waals surface area contributed by atoms with Crippen molar-refractivity contribution in [2.45, 2.75) is 50.8 Å². The Morgan fingerprint density at radius 3 is 2.55 bits per heavy atom. The second-order valence-corrected chi connectivity index (χ2v) is 8.16. The molecule has 2 aliphatic rings. The second kappa shape index (κ2) is 7.59. The summed E-state index contributed by atoms with van der Waals surface area (Å²) in [5, 5.41) is 9.08. The maximum atomic E-state index is 13.9. The third kappa shape index (κ3) is 3.65. The van der Waals surface area contributed by atoms with E-state index in [4.69, 9.17) is 4.74 Å². The van der Waals surface area contributed by atoms with Gasteiger partial charge in [0, 0.05) is 12.5 Å². The highest BCUT2D eigenvalue weighted by Crippen LogP contribution is 2.36. The van der Waals surface area contributed by atoms with Gasteiger partial charge in [-0.15, -0.1) is 10.2 Å². The number of para-hydroxylation sites is 1. The molecule has 1 aromatic heterocycles. The van der Waals surface area contributed by atoms with Crippen LogP contribution in [0.3, 0.4) is 0 Å². The van der Waals surface area contributed by atoms with Crippen molar-refractivity contribution in [3.05, 3.63) is 71.6 Å². The zero-order chi connectivity index (χ0) is 19.8. The highest BCUT2D eigenvalue weighted by Gasteiger charge is 2.30. The number of aromatic nitrogens is 3. The van der Waals surface area contributed by atoms with Gasteiger partial charge in [0.25, 0.3) is 0 Å². The molecule has 3 aromatic rings. The Kier molecular flexibility index (Phi) is 4.79. The summed E-state index contributed by atoms with van der Waals surface area (Å²) < 4.78 is 22.2. The molecule has 0 amide bonds. The topological polar surface area (TPSA) is 43.2 Å². The zero-order valence-electron chi connectivity index (χ0n) is 16.6. The Morgan fingerprint density at radius 1 is 0.966 bits per heavy atom. The minimum atomic E-state index is -0.200. The lowest BCUT2D eigenvalue weighted by atomic mass is 9.86. The van der Waals surface area contributed by atoms with E-state index in [9.17, 15) is 4.39 Å². The molecule has 29 heavy (non-hydrogen) atoms. The van der Waals surface area contributed by atoms with Gasteiger partial charge in [0.1, 0.15) is 17.4 Å². The maximum Gasteiger partial charge on any atom is 0.151 e. The summed E-state index contributed by atoms with van der Waals surface area (Å²) in [5.74, 6) is 3.00. The largest absolute Gasteiger partial charge is 0.490 e. The van der Waals surface area contributed by atoms with Crippen LogP contribution in [0.5, 0.6) is 5.75 Å². The van der Waals surface area contributed by atoms with E-state index in [0.717, 1.165) is 54.3 Å². The summed E-state index contributed by atoms with van der Waals surface area (Å²) in [7, 11) is 2.03. The Bertz CT molecular complexity index is 995. The molecular formula is C23H25FN4O. The molecule has 1 aliphatic heterocycles. The summed E-state index contributed by atoms with van der Waals surface area (Å²) in [4.78, 5) is 2.15. The molecule has 2 aromatic carbocycles. The van der Waals surface area contributed by atoms with Gasteiger partial charge in [-0.25, -0.2) is 4.39 Å². The minimum Gasteiger partial charge on any atom is -0.490 e. The monoisotopic (exact) mass is 392 g/mol. The lowest BCUT2D eigenvalue weighted by Crippen LogP contribution is -2.25. The Labute approximate surface area is 170 Å². The van der Waals surface area contributed by atoms with E-state index in [1.54, 1.807) is 6.07 Å². The summed E-state index contributed by atoms with van der Waals surface area (Å²) in [6, 6.07) is 15.1. The number of nitrogens with zero attached hydrogens (tertiary/aromatic N) is 4. The predicted octanol–water partition coefficient (Wildman–Crippen LogP) is 4.46. The molecule has 150 valence electrons. The number of halogens is 1. The van der Waals surface area contributed by atoms with Crippen LogP contribution in [0.2, 0.25) is 0 Å². The van der Waals surface area contributed by atoms with Crippen molar-refractivity contribution in [1.82, 2.24) is 19.7 Å². The first-order valence-corrected chi connectivity index (χ1v) is 10.3. The molecule has 0 bridgehead atoms. The molecule has 6 heteroatoms. The van der Waals surface area contributed by atoms with E-state index < -0.39 is 0 Å². The van der Waals surface area contributed by atoms with Gasteiger partial charge in [-0.2, -0.15) is 0 Å². The molecule has 1 aliphatic carbocycles. The van der Waals surface area contributed by atoms with Crippen LogP contribution in [-0.2, 0) is 13.1 Å². The van der Waals surface area contributed by atoms with Gasteiger partial charge in [0.15, 0.2) is 5.82 Å². The molecule has 5 rings (SSSR count). The summed E-state index contributed by atoms with van der Waals surface area (Å²) in [6.07, 6.45) is 4.27. The Hall–Kier alpha value is -2.73. The maximum absolute atomic E-state index is 13.9. The van der Waals surface area contributed by atoms with Crippen LogP contribution in [0.4, 0.5) is 4.39 Å². The molecule has 5 nitrogen and oxygen atoms in total. The average Bonchev–Trinajstić information content (AvgIpc) is 3.06. The van der Waals surface area contributed by atoms with Gasteiger partial charge in [-0.1, -0.05) is 18.2 Å². The number of hydrogen-bond acceptors (Lipinski definition) is 4. The van der Waals surface area contributed by atoms with Crippen molar-refractivity contribution in [3.8, 4) is 11.4 Å². The predicted molar refractivity (Wildman–Crippen MR) is 109 cm³/mol. The van der Waals surface area contributed by atoms with Gasteiger partial charge in [0.05, 0.1) is 18.3 Å². The fraction of sp³-hybridized carbons (Fsp3) is 0.391. The first kappa shape index (κ1) is 18.3. The van der Waals surface area contributed by atoms with Gasteiger partial charge in [-0.05, 0) is 68.6 Å². The second-order valence-electron chi connectivity index (χ2n) is 8.16. The highest BCUT2D eigenvalue weighted by atomic mass is 19.1. The third-order valence-electron chi connectivity index (χ3n) is 5.97. The van der Waals surface area contributed by atoms with E-state index >= 15 is 0 Å². The smallest absolute Gasteiger partial charge is 0.151 e. The highest BCUT2D eigenvalue weighted by molar-refractivity contribution is 5.44. The van der Waals surface area contributed by atoms with E-state index in [2.05, 4.69) is 19.7 Å². The van der Waals surface area contributed by atoms with Crippen LogP contribution in [0.1, 0.15) is 48.8 Å². The Balaban J connectivity index is 1.38. The van der Waals surface area contributed by atoms with Crippen molar-refractivity contribution in [2.24, 2.45) is 0 Å². The fourth-order valence-electron chi connectivity index (χ4n) is 4.58. The number of rotatable bonds is 3. The number of ether oxygens (including phenoxy) is 1. The quantitative estimate of drug-likeness (QED) is 0.660. The molecule has 0 spiro atoms. The SMILES string of the molecule is CN1Cc2cc(F)ccc2-n2c(nnc2C2CCC(Oc3ccccc3)CC2)C1. The third-order valence-corrected chi connectivity index (χ3v) is 5.97. The summed E-state index contributed by atoms with van der Waals surface area (Å²) in [5.41, 5.74) is 1.99. The Morgan fingerprint density at radius 2 is 1.76 bits per heavy atom. The molecule has 0 unspecified atom stereocenters.